The topological polar surface area (TPSA) is 131 Å². The highest BCUT2D eigenvalue weighted by molar-refractivity contribution is 5.76. The molecule has 96 heavy (non-hydrogen) atoms. The summed E-state index contributed by atoms with van der Waals surface area (Å²) in [7, 11) is 0. The monoisotopic (exact) mass is 1320 g/mol. The van der Waals surface area contributed by atoms with Crippen LogP contribution in [0.1, 0.15) is 279 Å². The Kier molecular flexibility index (Phi) is 43.8. The van der Waals surface area contributed by atoms with Crippen LogP contribution >= 0.6 is 0 Å². The van der Waals surface area contributed by atoms with Crippen LogP contribution in [-0.4, -0.2) is 72.5 Å². The van der Waals surface area contributed by atoms with E-state index in [2.05, 4.69) is 43.4 Å². The maximum absolute atomic E-state index is 14.7. The minimum absolute atomic E-state index is 0.101. The number of amides is 1. The van der Waals surface area contributed by atoms with Crippen molar-refractivity contribution >= 4 is 11.9 Å². The van der Waals surface area contributed by atoms with Crippen molar-refractivity contribution in [2.45, 2.75) is 333 Å². The molecule has 532 valence electrons. The number of aliphatic carboxylic acids is 1. The quantitative estimate of drug-likeness (QED) is 0.0363. The summed E-state index contributed by atoms with van der Waals surface area (Å²) in [5.41, 5.74) is 4.69. The molecule has 0 unspecified atom stereocenters. The van der Waals surface area contributed by atoms with Crippen molar-refractivity contribution < 1.29 is 47.9 Å². The molecule has 1 aliphatic heterocycles. The smallest absolute Gasteiger partial charge is 0.335 e. The van der Waals surface area contributed by atoms with E-state index in [-0.39, 0.29) is 38.9 Å². The van der Waals surface area contributed by atoms with E-state index in [9.17, 15) is 14.7 Å². The molecule has 0 aliphatic carbocycles. The van der Waals surface area contributed by atoms with Crippen LogP contribution < -0.4 is 5.32 Å². The van der Waals surface area contributed by atoms with Crippen molar-refractivity contribution in [2.24, 2.45) is 0 Å². The largest absolute Gasteiger partial charge is 0.479 e. The summed E-state index contributed by atoms with van der Waals surface area (Å²) >= 11 is 0. The van der Waals surface area contributed by atoms with E-state index in [0.717, 1.165) is 66.3 Å². The molecule has 1 aliphatic rings. The predicted octanol–water partition coefficient (Wildman–Crippen LogP) is 21.7. The first-order chi connectivity index (χ1) is 47.4. The van der Waals surface area contributed by atoms with Crippen molar-refractivity contribution in [3.05, 3.63) is 179 Å². The Morgan fingerprint density at radius 1 is 0.375 bits per heavy atom. The van der Waals surface area contributed by atoms with Crippen molar-refractivity contribution in [2.75, 3.05) is 6.61 Å². The molecule has 1 saturated heterocycles. The fourth-order valence-electron chi connectivity index (χ4n) is 13.3. The number of nitrogens with one attached hydrogen (secondary N) is 1. The number of benzene rings is 5. The predicted molar refractivity (Wildman–Crippen MR) is 391 cm³/mol. The molecular weight excluding hydrogens is 1190 g/mol. The second-order valence-corrected chi connectivity index (χ2v) is 27.4. The summed E-state index contributed by atoms with van der Waals surface area (Å²) in [4.78, 5) is 28.4. The number of unbranched alkanes of at least 4 members (excludes halogenated alkanes) is 33. The molecule has 11 nitrogen and oxygen atoms in total. The molecule has 0 radical (unpaired) electrons. The molecule has 0 saturated carbocycles. The number of rotatable bonds is 59. The zero-order chi connectivity index (χ0) is 67.4. The van der Waals surface area contributed by atoms with E-state index in [1.165, 1.54) is 186 Å². The molecule has 0 spiro atoms. The number of carboxylic acid groups (broad SMARTS) is 1. The van der Waals surface area contributed by atoms with Gasteiger partial charge in [0.05, 0.1) is 51.8 Å². The van der Waals surface area contributed by atoms with Gasteiger partial charge in [0.2, 0.25) is 5.91 Å². The number of carbonyl (C=O) groups is 2. The first-order valence-electron chi connectivity index (χ1n) is 38.5. The van der Waals surface area contributed by atoms with Gasteiger partial charge < -0.3 is 43.6 Å². The van der Waals surface area contributed by atoms with Gasteiger partial charge in [0.15, 0.2) is 12.4 Å². The summed E-state index contributed by atoms with van der Waals surface area (Å²) in [5.74, 6) is -1.33. The lowest BCUT2D eigenvalue weighted by Crippen LogP contribution is -2.63. The maximum Gasteiger partial charge on any atom is 0.335 e. The normalized spacial score (nSPS) is 17.3. The van der Waals surface area contributed by atoms with E-state index in [1.807, 2.05) is 127 Å². The van der Waals surface area contributed by atoms with E-state index < -0.39 is 54.9 Å². The molecule has 0 aromatic heterocycles. The summed E-state index contributed by atoms with van der Waals surface area (Å²) in [6.45, 7) is 5.48. The molecule has 1 heterocycles. The number of hydrogen-bond acceptors (Lipinski definition) is 9. The van der Waals surface area contributed by atoms with E-state index in [1.54, 1.807) is 0 Å². The van der Waals surface area contributed by atoms with Crippen molar-refractivity contribution in [1.29, 1.82) is 0 Å². The Morgan fingerprint density at radius 3 is 1.05 bits per heavy atom. The first kappa shape index (κ1) is 79.7. The van der Waals surface area contributed by atoms with E-state index in [4.69, 9.17) is 33.2 Å². The van der Waals surface area contributed by atoms with Gasteiger partial charge in [-0.05, 0) is 40.7 Å². The molecule has 8 atom stereocenters. The lowest BCUT2D eigenvalue weighted by molar-refractivity contribution is -0.321. The van der Waals surface area contributed by atoms with Gasteiger partial charge in [0.25, 0.3) is 0 Å². The van der Waals surface area contributed by atoms with Crippen LogP contribution in [0, 0.1) is 0 Å². The fraction of sp³-hybridized carbons (Fsp3) is 0.624. The summed E-state index contributed by atoms with van der Waals surface area (Å²) < 4.78 is 48.3. The highest BCUT2D eigenvalue weighted by atomic mass is 16.7. The lowest BCUT2D eigenvalue weighted by Gasteiger charge is -2.45. The van der Waals surface area contributed by atoms with Crippen LogP contribution in [0.4, 0.5) is 0 Å². The van der Waals surface area contributed by atoms with Crippen molar-refractivity contribution in [3.63, 3.8) is 0 Å². The van der Waals surface area contributed by atoms with Gasteiger partial charge in [-0.2, -0.15) is 0 Å². The van der Waals surface area contributed by atoms with Crippen LogP contribution in [0.5, 0.6) is 0 Å². The van der Waals surface area contributed by atoms with Gasteiger partial charge in [-0.25, -0.2) is 4.79 Å². The highest BCUT2D eigenvalue weighted by Crippen LogP contribution is 2.33. The average molecular weight is 1320 g/mol. The van der Waals surface area contributed by atoms with Gasteiger partial charge in [-0.3, -0.25) is 4.79 Å². The van der Waals surface area contributed by atoms with Crippen molar-refractivity contribution in [3.8, 4) is 0 Å². The fourth-order valence-corrected chi connectivity index (χ4v) is 13.3. The molecule has 1 amide bonds. The van der Waals surface area contributed by atoms with Crippen LogP contribution in [0.25, 0.3) is 0 Å². The Bertz CT molecular complexity index is 2610. The van der Waals surface area contributed by atoms with Crippen LogP contribution in [0.3, 0.4) is 0 Å². The molecule has 0 bridgehead atoms. The third-order valence-corrected chi connectivity index (χ3v) is 19.1. The molecule has 6 rings (SSSR count). The molecule has 2 N–H and O–H groups in total. The Balaban J connectivity index is 1.16. The second kappa shape index (κ2) is 52.8. The zero-order valence-corrected chi connectivity index (χ0v) is 59.6. The second-order valence-electron chi connectivity index (χ2n) is 27.4. The minimum atomic E-state index is -1.51. The van der Waals surface area contributed by atoms with Gasteiger partial charge in [-0.15, -0.1) is 0 Å². The molecular formula is C85H127NO10. The van der Waals surface area contributed by atoms with Crippen LogP contribution in [0.15, 0.2) is 152 Å². The zero-order valence-electron chi connectivity index (χ0n) is 59.6. The standard InChI is InChI=1S/C85H127NO10/c1-3-5-7-9-11-13-15-17-18-19-20-21-22-23-24-25-26-27-29-31-33-35-52-64-78(87)86-76(79(91-66-72-55-43-37-44-56-72)77(90-65-71-53-41-36-42-54-71)63-51-34-32-30-28-16-14-12-10-8-6-4-2)70-95-85-83(94-69-75-61-49-40-50-62-75)81(93-68-74-59-47-39-48-60-74)80(82(96-85)84(88)89)92-67-73-57-45-38-46-58-73/h36-50,53-62,76-77,79-83,85H,3-35,51-52,63-70H2,1-2H3,(H,86,87)(H,88,89)/t76-,77+,79-,80+,81-,82-,83+,85-/m0/s1. The summed E-state index contributed by atoms with van der Waals surface area (Å²) in [6, 6.07) is 48.9. The number of carbonyl (C=O) groups excluding carboxylic acids is 1. The summed E-state index contributed by atoms with van der Waals surface area (Å²) in [5, 5.41) is 14.6. The van der Waals surface area contributed by atoms with Crippen LogP contribution in [0.2, 0.25) is 0 Å². The van der Waals surface area contributed by atoms with Gasteiger partial charge >= 0.3 is 5.97 Å². The Labute approximate surface area is 581 Å². The highest BCUT2D eigenvalue weighted by Gasteiger charge is 2.52. The number of carboxylic acids is 1. The van der Waals surface area contributed by atoms with E-state index >= 15 is 0 Å². The average Bonchev–Trinajstić information content (AvgIpc) is 0.849. The van der Waals surface area contributed by atoms with Gasteiger partial charge in [-0.1, -0.05) is 384 Å². The number of hydrogen-bond donors (Lipinski definition) is 2. The summed E-state index contributed by atoms with van der Waals surface area (Å²) in [6.07, 6.45) is 38.9. The minimum Gasteiger partial charge on any atom is -0.479 e. The third-order valence-electron chi connectivity index (χ3n) is 19.1. The Hall–Kier alpha value is -5.24. The molecule has 5 aromatic rings. The Morgan fingerprint density at radius 2 is 0.688 bits per heavy atom. The SMILES string of the molecule is CCCCCCCCCCCCCCCCCCCCCCCCCC(=O)N[C@@H](CO[C@H]1O[C@H](C(=O)O)[C@H](OCc2ccccc2)[C@H](OCc2ccccc2)[C@H]1OCc1ccccc1)[C@H](OCc1ccccc1)[C@@H](CCCCCCCCCCCCCC)OCc1ccccc1. The molecule has 5 aromatic carbocycles. The van der Waals surface area contributed by atoms with Gasteiger partial charge in [0, 0.05) is 6.42 Å². The van der Waals surface area contributed by atoms with Crippen molar-refractivity contribution in [1.82, 2.24) is 5.32 Å². The molecule has 1 fully saturated rings. The first-order valence-corrected chi connectivity index (χ1v) is 38.5. The van der Waals surface area contributed by atoms with Gasteiger partial charge in [0.1, 0.15) is 24.4 Å². The lowest BCUT2D eigenvalue weighted by atomic mass is 9.97. The van der Waals surface area contributed by atoms with Crippen LogP contribution in [-0.2, 0) is 75.8 Å². The van der Waals surface area contributed by atoms with E-state index in [0.29, 0.717) is 19.4 Å². The third kappa shape index (κ3) is 35.0. The molecule has 11 heteroatoms. The number of ether oxygens (including phenoxy) is 7. The maximum atomic E-state index is 14.7.